The van der Waals surface area contributed by atoms with E-state index < -0.39 is 0 Å². The molecule has 3 aliphatic heterocycles. The first kappa shape index (κ1) is 47.5. The minimum Gasteiger partial charge on any atom is -0.457 e. The summed E-state index contributed by atoms with van der Waals surface area (Å²) in [6.45, 7) is 9.46. The summed E-state index contributed by atoms with van der Waals surface area (Å²) in [4.78, 5) is 76.9. The lowest BCUT2D eigenvalue weighted by atomic mass is 10.0. The average molecular weight is 893 g/mol. The lowest BCUT2D eigenvalue weighted by Crippen LogP contribution is -2.51. The van der Waals surface area contributed by atoms with E-state index in [2.05, 4.69) is 54.3 Å². The highest BCUT2D eigenvalue weighted by atomic mass is 35.5. The van der Waals surface area contributed by atoms with Crippen LogP contribution in [0.3, 0.4) is 0 Å². The number of aryl methyl sites for hydroxylation is 1. The molecule has 16 heteroatoms. The second-order valence-electron chi connectivity index (χ2n) is 16.4. The number of carbonyl (C=O) groups excluding carboxylic acids is 5. The van der Waals surface area contributed by atoms with Crippen LogP contribution in [0.1, 0.15) is 70.4 Å². The molecule has 0 bridgehead atoms. The Balaban J connectivity index is 0.000000171. The van der Waals surface area contributed by atoms with Crippen LogP contribution in [0.5, 0.6) is 11.5 Å². The third-order valence-corrected chi connectivity index (χ3v) is 12.1. The number of benzene rings is 3. The first-order chi connectivity index (χ1) is 31.0. The number of amides is 2. The highest BCUT2D eigenvalue weighted by molar-refractivity contribution is 6.33. The van der Waals surface area contributed by atoms with Crippen LogP contribution >= 0.6 is 11.6 Å². The number of likely N-dealkylation sites (N-methyl/N-ethyl adjacent to an activating group) is 1. The number of hydrogen-bond donors (Lipinski definition) is 3. The van der Waals surface area contributed by atoms with Gasteiger partial charge < -0.3 is 29.6 Å². The number of imide groups is 1. The average Bonchev–Trinajstić information content (AvgIpc) is 3.69. The van der Waals surface area contributed by atoms with Gasteiger partial charge in [0.25, 0.3) is 0 Å². The molecule has 3 N–H and O–H groups in total. The van der Waals surface area contributed by atoms with Gasteiger partial charge in [0.1, 0.15) is 41.9 Å². The van der Waals surface area contributed by atoms with Gasteiger partial charge in [-0.15, -0.1) is 0 Å². The molecule has 2 aromatic heterocycles. The van der Waals surface area contributed by atoms with Crippen LogP contribution in [-0.2, 0) is 20.9 Å². The zero-order chi connectivity index (χ0) is 45.4. The molecule has 0 saturated carbocycles. The maximum absolute atomic E-state index is 12.2. The van der Waals surface area contributed by atoms with E-state index >= 15 is 0 Å². The number of aldehydes is 3. The van der Waals surface area contributed by atoms with Crippen LogP contribution in [-0.4, -0.2) is 132 Å². The number of rotatable bonds is 14. The number of H-pyrrole nitrogens is 1. The van der Waals surface area contributed by atoms with Crippen LogP contribution in [0.2, 0.25) is 5.02 Å². The van der Waals surface area contributed by atoms with Crippen LogP contribution in [0.4, 0.5) is 11.5 Å². The van der Waals surface area contributed by atoms with Crippen LogP contribution in [0.15, 0.2) is 79.3 Å². The predicted octanol–water partition coefficient (Wildman–Crippen LogP) is 6.55. The zero-order valence-corrected chi connectivity index (χ0v) is 37.6. The second kappa shape index (κ2) is 23.6. The summed E-state index contributed by atoms with van der Waals surface area (Å²) in [5.74, 6) is 1.81. The van der Waals surface area contributed by atoms with E-state index in [0.717, 1.165) is 98.7 Å². The molecule has 338 valence electrons. The van der Waals surface area contributed by atoms with E-state index in [1.54, 1.807) is 24.5 Å². The molecule has 3 aromatic carbocycles. The highest BCUT2D eigenvalue weighted by Crippen LogP contribution is 2.27. The minimum atomic E-state index is -0.374. The van der Waals surface area contributed by atoms with Gasteiger partial charge in [-0.3, -0.25) is 34.3 Å². The zero-order valence-electron chi connectivity index (χ0n) is 36.8. The topological polar surface area (TPSA) is 173 Å². The number of aromatic nitrogens is 3. The number of para-hydroxylation sites is 1. The van der Waals surface area contributed by atoms with Crippen molar-refractivity contribution in [3.63, 3.8) is 0 Å². The molecule has 0 spiro atoms. The number of anilines is 2. The Morgan fingerprint density at radius 3 is 2.31 bits per heavy atom. The number of nitrogens with one attached hydrogen (secondary N) is 3. The Bertz CT molecular complexity index is 2350. The van der Waals surface area contributed by atoms with Crippen molar-refractivity contribution in [3.8, 4) is 11.5 Å². The molecule has 3 aliphatic rings. The van der Waals surface area contributed by atoms with Crippen LogP contribution < -0.4 is 20.3 Å². The molecule has 0 aliphatic carbocycles. The molecule has 5 heterocycles. The number of likely N-dealkylation sites (tertiary alicyclic amines) is 1. The number of carbonyl (C=O) groups is 5. The Morgan fingerprint density at radius 1 is 0.891 bits per heavy atom. The number of halogens is 1. The molecular weight excluding hydrogens is 834 g/mol. The maximum Gasteiger partial charge on any atom is 0.243 e. The van der Waals surface area contributed by atoms with Crippen molar-refractivity contribution in [1.82, 2.24) is 35.0 Å². The van der Waals surface area contributed by atoms with Crippen molar-refractivity contribution in [2.45, 2.75) is 64.1 Å². The number of unbranched alkanes of at least 4 members (excludes halogenated alkanes) is 1. The monoisotopic (exact) mass is 891 g/mol. The van der Waals surface area contributed by atoms with Gasteiger partial charge in [0.15, 0.2) is 6.29 Å². The molecule has 2 amide bonds. The first-order valence-corrected chi connectivity index (χ1v) is 22.2. The molecule has 0 radical (unpaired) electrons. The van der Waals surface area contributed by atoms with E-state index in [-0.39, 0.29) is 17.9 Å². The molecule has 3 saturated heterocycles. The number of piperidine rings is 2. The van der Waals surface area contributed by atoms with Gasteiger partial charge >= 0.3 is 0 Å². The van der Waals surface area contributed by atoms with Crippen molar-refractivity contribution in [2.75, 3.05) is 70.1 Å². The largest absolute Gasteiger partial charge is 0.457 e. The molecule has 1 atom stereocenters. The Hall–Kier alpha value is -6.00. The summed E-state index contributed by atoms with van der Waals surface area (Å²) in [6, 6.07) is 20.3. The summed E-state index contributed by atoms with van der Waals surface area (Å²) < 4.78 is 5.56. The third kappa shape index (κ3) is 13.3. The fourth-order valence-corrected chi connectivity index (χ4v) is 8.23. The third-order valence-electron chi connectivity index (χ3n) is 11.8. The van der Waals surface area contributed by atoms with E-state index in [1.165, 1.54) is 18.4 Å². The predicted molar refractivity (Wildman–Crippen MR) is 250 cm³/mol. The normalized spacial score (nSPS) is 17.1. The Labute approximate surface area is 379 Å². The van der Waals surface area contributed by atoms with Gasteiger partial charge in [0.05, 0.1) is 16.5 Å². The van der Waals surface area contributed by atoms with Gasteiger partial charge in [-0.25, -0.2) is 9.97 Å². The lowest BCUT2D eigenvalue weighted by molar-refractivity contribution is -0.137. The minimum absolute atomic E-state index is 0.231. The van der Waals surface area contributed by atoms with Crippen LogP contribution in [0.25, 0.3) is 11.0 Å². The van der Waals surface area contributed by atoms with Crippen LogP contribution in [0, 0.1) is 6.92 Å². The highest BCUT2D eigenvalue weighted by Gasteiger charge is 2.30. The molecule has 8 rings (SSSR count). The second-order valence-corrected chi connectivity index (χ2v) is 16.8. The molecule has 3 fully saturated rings. The Kier molecular flexibility index (Phi) is 17.5. The SMILES string of the molecule is CN(Cc1cc(N2CCN(CCCC=O)CC2)ccc1C=O)C1CCC(=O)NC1=O.Cc1c[nH]c2ncnc(NC3CCN(C)CC3)c12.O=Cc1ccc(Oc2ccccc2)cc1Cl. The fourth-order valence-electron chi connectivity index (χ4n) is 8.01. The first-order valence-electron chi connectivity index (χ1n) is 21.8. The van der Waals surface area contributed by atoms with Gasteiger partial charge in [0, 0.05) is 80.7 Å². The molecule has 5 aromatic rings. The van der Waals surface area contributed by atoms with Crippen molar-refractivity contribution in [1.29, 1.82) is 0 Å². The quantitative estimate of drug-likeness (QED) is 0.0623. The number of hydrogen-bond acceptors (Lipinski definition) is 13. The number of fused-ring (bicyclic) bond motifs is 1. The molecule has 15 nitrogen and oxygen atoms in total. The van der Waals surface area contributed by atoms with Crippen molar-refractivity contribution < 1.29 is 28.7 Å². The van der Waals surface area contributed by atoms with Gasteiger partial charge in [-0.1, -0.05) is 29.8 Å². The van der Waals surface area contributed by atoms with Gasteiger partial charge in [-0.05, 0) is 120 Å². The summed E-state index contributed by atoms with van der Waals surface area (Å²) in [7, 11) is 4.02. The fraction of sp³-hybridized carbons (Fsp3) is 0.396. The summed E-state index contributed by atoms with van der Waals surface area (Å²) in [5, 5.41) is 7.48. The summed E-state index contributed by atoms with van der Waals surface area (Å²) >= 11 is 5.88. The van der Waals surface area contributed by atoms with E-state index in [1.807, 2.05) is 66.7 Å². The molecular formula is C48H58ClN9O6. The number of ether oxygens (including phenoxy) is 1. The van der Waals surface area contributed by atoms with E-state index in [4.69, 9.17) is 16.3 Å². The van der Waals surface area contributed by atoms with Crippen molar-refractivity contribution in [3.05, 3.63) is 107 Å². The van der Waals surface area contributed by atoms with E-state index in [9.17, 15) is 24.0 Å². The number of nitrogens with zero attached hydrogens (tertiary/aromatic N) is 6. The number of aromatic amines is 1. The smallest absolute Gasteiger partial charge is 0.243 e. The van der Waals surface area contributed by atoms with Gasteiger partial charge in [0.2, 0.25) is 11.8 Å². The summed E-state index contributed by atoms with van der Waals surface area (Å²) in [5.41, 5.74) is 5.13. The Morgan fingerprint density at radius 2 is 1.62 bits per heavy atom. The van der Waals surface area contributed by atoms with E-state index in [0.29, 0.717) is 60.0 Å². The maximum atomic E-state index is 12.2. The lowest BCUT2D eigenvalue weighted by Gasteiger charge is -2.36. The van der Waals surface area contributed by atoms with Gasteiger partial charge in [-0.2, -0.15) is 0 Å². The van der Waals surface area contributed by atoms with Crippen molar-refractivity contribution in [2.24, 2.45) is 0 Å². The van der Waals surface area contributed by atoms with Crippen molar-refractivity contribution >= 4 is 64.8 Å². The summed E-state index contributed by atoms with van der Waals surface area (Å²) in [6.07, 6.45) is 10.8. The molecule has 1 unspecified atom stereocenters. The number of piperazine rings is 1. The molecule has 64 heavy (non-hydrogen) atoms. The standard InChI is InChI=1S/C22H30N4O4.C13H9ClO2.C13H19N5/c1-24(20-6-7-21(29)23-22(20)30)15-18-14-19(5-4-17(18)16-28)26-11-9-25(10-12-26)8-2-3-13-27;14-13-8-12(7-6-10(13)9-15)16-11-4-2-1-3-5-11;1-9-7-14-12-11(9)13(16-8-15-12)17-10-3-5-18(2)6-4-10/h4-5,13-14,16,20H,2-3,6-12,15H2,1H3,(H,23,29,30);1-9H;7-8,10H,3-6H2,1-2H3,(H2,14,15,16,17).